The summed E-state index contributed by atoms with van der Waals surface area (Å²) in [6.07, 6.45) is 1.56. The second-order valence-corrected chi connectivity index (χ2v) is 8.18. The van der Waals surface area contributed by atoms with Crippen LogP contribution in [0, 0.1) is 0 Å². The number of aliphatic hydroxyl groups excluding tert-OH is 1. The molecule has 0 saturated carbocycles. The average molecular weight is 441 g/mol. The average Bonchev–Trinajstić information content (AvgIpc) is 3.45. The summed E-state index contributed by atoms with van der Waals surface area (Å²) in [5, 5.41) is 13.6. The summed E-state index contributed by atoms with van der Waals surface area (Å²) in [7, 11) is 4.23. The maximum atomic E-state index is 12.6. The van der Waals surface area contributed by atoms with Crippen molar-refractivity contribution in [3.63, 3.8) is 0 Å². The smallest absolute Gasteiger partial charge is 0.231 e. The molecule has 0 bridgehead atoms. The number of pyridine rings is 1. The van der Waals surface area contributed by atoms with Gasteiger partial charge in [0.05, 0.1) is 5.56 Å². The molecule has 8 heteroatoms. The molecule has 0 aliphatic carbocycles. The third-order valence-electron chi connectivity index (χ3n) is 5.55. The fraction of sp³-hybridized carbons (Fsp3) is 0.304. The van der Waals surface area contributed by atoms with Gasteiger partial charge in [0.15, 0.2) is 17.7 Å². The number of hydrogen-bond acceptors (Lipinski definition) is 7. The van der Waals surface area contributed by atoms with Crippen LogP contribution in [0.3, 0.4) is 0 Å². The van der Waals surface area contributed by atoms with Crippen molar-refractivity contribution in [2.75, 3.05) is 37.4 Å². The number of aromatic nitrogens is 1. The Morgan fingerprint density at radius 3 is 2.71 bits per heavy atom. The number of ketones is 1. The van der Waals surface area contributed by atoms with E-state index in [1.54, 1.807) is 18.2 Å². The van der Waals surface area contributed by atoms with Crippen LogP contribution < -0.4 is 10.2 Å². The zero-order valence-electron chi connectivity index (χ0n) is 17.5. The summed E-state index contributed by atoms with van der Waals surface area (Å²) in [6.45, 7) is 2.04. The van der Waals surface area contributed by atoms with Crippen molar-refractivity contribution in [2.24, 2.45) is 0 Å². The molecule has 1 aliphatic rings. The van der Waals surface area contributed by atoms with Crippen LogP contribution in [-0.4, -0.2) is 54.0 Å². The molecule has 7 nitrogen and oxygen atoms in total. The predicted octanol–water partition coefficient (Wildman–Crippen LogP) is 3.80. The maximum absolute atomic E-state index is 12.6. The van der Waals surface area contributed by atoms with Gasteiger partial charge >= 0.3 is 0 Å². The maximum Gasteiger partial charge on any atom is 0.231 e. The van der Waals surface area contributed by atoms with Gasteiger partial charge in [-0.1, -0.05) is 11.6 Å². The van der Waals surface area contributed by atoms with E-state index in [0.29, 0.717) is 6.04 Å². The summed E-state index contributed by atoms with van der Waals surface area (Å²) < 4.78 is 5.57. The molecule has 2 aromatic heterocycles. The number of aliphatic hydroxyl groups is 1. The lowest BCUT2D eigenvalue weighted by Gasteiger charge is -2.22. The van der Waals surface area contributed by atoms with Crippen LogP contribution in [0.4, 0.5) is 11.4 Å². The number of likely N-dealkylation sites (N-methyl/N-ethyl adjacent to an activating group) is 1. The van der Waals surface area contributed by atoms with Gasteiger partial charge in [-0.25, -0.2) is 4.98 Å². The van der Waals surface area contributed by atoms with Crippen LogP contribution in [-0.2, 0) is 0 Å². The molecule has 31 heavy (non-hydrogen) atoms. The number of carbonyl (C=O) groups excluding carboxylic acids is 1. The number of hydrogen-bond donors (Lipinski definition) is 2. The lowest BCUT2D eigenvalue weighted by atomic mass is 10.1. The van der Waals surface area contributed by atoms with Gasteiger partial charge in [0.2, 0.25) is 5.78 Å². The van der Waals surface area contributed by atoms with Crippen molar-refractivity contribution < 1.29 is 14.3 Å². The highest BCUT2D eigenvalue weighted by Crippen LogP contribution is 2.26. The summed E-state index contributed by atoms with van der Waals surface area (Å²) in [6, 6.07) is 14.8. The predicted molar refractivity (Wildman–Crippen MR) is 121 cm³/mol. The Morgan fingerprint density at radius 1 is 1.26 bits per heavy atom. The molecule has 0 radical (unpaired) electrons. The minimum atomic E-state index is -1.10. The number of halogens is 1. The Bertz CT molecular complexity index is 1050. The minimum Gasteiger partial charge on any atom is -0.453 e. The zero-order valence-corrected chi connectivity index (χ0v) is 18.2. The zero-order chi connectivity index (χ0) is 22.0. The summed E-state index contributed by atoms with van der Waals surface area (Å²) in [5.41, 5.74) is 2.16. The first-order valence-corrected chi connectivity index (χ1v) is 10.5. The van der Waals surface area contributed by atoms with Crippen LogP contribution in [0.1, 0.15) is 34.5 Å². The number of furan rings is 1. The highest BCUT2D eigenvalue weighted by Gasteiger charge is 2.24. The molecule has 1 aromatic carbocycles. The largest absolute Gasteiger partial charge is 0.453 e. The fourth-order valence-electron chi connectivity index (χ4n) is 3.71. The molecule has 3 aromatic rings. The van der Waals surface area contributed by atoms with E-state index in [-0.39, 0.29) is 28.0 Å². The highest BCUT2D eigenvalue weighted by molar-refractivity contribution is 6.33. The number of nitrogens with one attached hydrogen (secondary N) is 1. The van der Waals surface area contributed by atoms with E-state index in [2.05, 4.69) is 34.2 Å². The van der Waals surface area contributed by atoms with Crippen molar-refractivity contribution in [3.05, 3.63) is 77.0 Å². The number of carbonyl (C=O) groups is 1. The Morgan fingerprint density at radius 2 is 2.03 bits per heavy atom. The van der Waals surface area contributed by atoms with Crippen molar-refractivity contribution in [2.45, 2.75) is 18.7 Å². The molecule has 2 N–H and O–H groups in total. The first-order valence-electron chi connectivity index (χ1n) is 10.1. The van der Waals surface area contributed by atoms with E-state index in [1.807, 2.05) is 24.3 Å². The van der Waals surface area contributed by atoms with Gasteiger partial charge in [-0.2, -0.15) is 0 Å². The summed E-state index contributed by atoms with van der Waals surface area (Å²) >= 11 is 5.99. The van der Waals surface area contributed by atoms with Gasteiger partial charge in [0, 0.05) is 36.7 Å². The Hall–Kier alpha value is -2.87. The first-order chi connectivity index (χ1) is 14.9. The molecule has 162 valence electrons. The van der Waals surface area contributed by atoms with Crippen molar-refractivity contribution in [3.8, 4) is 0 Å². The fourth-order valence-corrected chi connectivity index (χ4v) is 3.91. The van der Waals surface area contributed by atoms with Gasteiger partial charge in [-0.05, 0) is 69.0 Å². The molecule has 3 heterocycles. The summed E-state index contributed by atoms with van der Waals surface area (Å²) in [5.74, 6) is -0.0612. The van der Waals surface area contributed by atoms with E-state index < -0.39 is 6.23 Å². The van der Waals surface area contributed by atoms with E-state index in [9.17, 15) is 9.90 Å². The minimum absolute atomic E-state index is 0.0885. The molecule has 4 rings (SSSR count). The second kappa shape index (κ2) is 9.09. The lowest BCUT2D eigenvalue weighted by Crippen LogP contribution is -2.31. The van der Waals surface area contributed by atoms with Crippen LogP contribution in [0.5, 0.6) is 0 Å². The van der Waals surface area contributed by atoms with E-state index in [0.717, 1.165) is 30.9 Å². The third kappa shape index (κ3) is 4.74. The Labute approximate surface area is 186 Å². The standard InChI is InChI=1S/C23H25ClN4O3/c1-27(2)17-11-13-28(14-17)16-7-5-15(6-8-16)26-23(30)20-10-9-19(31-20)21(29)18-4-3-12-25-22(18)24/h3-10,12,17,23,26,30H,11,13-14H2,1-2H3. The first kappa shape index (κ1) is 21.4. The van der Waals surface area contributed by atoms with Gasteiger partial charge < -0.3 is 24.6 Å². The molecular formula is C23H25ClN4O3. The lowest BCUT2D eigenvalue weighted by molar-refractivity contribution is 0.0999. The van der Waals surface area contributed by atoms with Gasteiger partial charge in [-0.3, -0.25) is 4.79 Å². The van der Waals surface area contributed by atoms with Gasteiger partial charge in [-0.15, -0.1) is 0 Å². The van der Waals surface area contributed by atoms with Crippen LogP contribution in [0.2, 0.25) is 5.15 Å². The highest BCUT2D eigenvalue weighted by atomic mass is 35.5. The van der Waals surface area contributed by atoms with E-state index in [1.165, 1.54) is 12.3 Å². The van der Waals surface area contributed by atoms with Gasteiger partial charge in [0.1, 0.15) is 5.15 Å². The van der Waals surface area contributed by atoms with Crippen LogP contribution in [0.15, 0.2) is 59.1 Å². The van der Waals surface area contributed by atoms with E-state index in [4.69, 9.17) is 16.0 Å². The third-order valence-corrected chi connectivity index (χ3v) is 5.85. The SMILES string of the molecule is CN(C)C1CCN(c2ccc(NC(O)c3ccc(C(=O)c4cccnc4Cl)o3)cc2)C1. The number of anilines is 2. The molecule has 0 spiro atoms. The quantitative estimate of drug-likeness (QED) is 0.328. The van der Waals surface area contributed by atoms with Crippen LogP contribution in [0.25, 0.3) is 0 Å². The van der Waals surface area contributed by atoms with Crippen molar-refractivity contribution in [1.82, 2.24) is 9.88 Å². The molecule has 0 amide bonds. The number of benzene rings is 1. The Kier molecular flexibility index (Phi) is 6.27. The molecule has 2 unspecified atom stereocenters. The Balaban J connectivity index is 1.39. The topological polar surface area (TPSA) is 81.8 Å². The number of nitrogens with zero attached hydrogens (tertiary/aromatic N) is 3. The molecule has 1 fully saturated rings. The molecule has 1 saturated heterocycles. The summed E-state index contributed by atoms with van der Waals surface area (Å²) in [4.78, 5) is 21.1. The van der Waals surface area contributed by atoms with Crippen molar-refractivity contribution in [1.29, 1.82) is 0 Å². The normalized spacial score (nSPS) is 17.2. The molecule has 1 aliphatic heterocycles. The van der Waals surface area contributed by atoms with Crippen LogP contribution >= 0.6 is 11.6 Å². The molecular weight excluding hydrogens is 416 g/mol. The number of rotatable bonds is 7. The molecule has 2 atom stereocenters. The van der Waals surface area contributed by atoms with Crippen molar-refractivity contribution >= 4 is 28.8 Å². The van der Waals surface area contributed by atoms with E-state index >= 15 is 0 Å². The second-order valence-electron chi connectivity index (χ2n) is 7.82. The van der Waals surface area contributed by atoms with Gasteiger partial charge in [0.25, 0.3) is 0 Å². The monoisotopic (exact) mass is 440 g/mol.